The average Bonchev–Trinajstić information content (AvgIpc) is 2.26. The molecule has 0 saturated carbocycles. The molecular weight excluding hydrogens is 212 g/mol. The molecule has 1 N–H and O–H groups in total. The first-order chi connectivity index (χ1) is 5.20. The first-order valence-corrected chi connectivity index (χ1v) is 3.86. The third kappa shape index (κ3) is 1.39. The van der Waals surface area contributed by atoms with E-state index in [-0.39, 0.29) is 6.61 Å². The predicted octanol–water partition coefficient (Wildman–Crippen LogP) is 0.683. The van der Waals surface area contributed by atoms with Gasteiger partial charge in [-0.25, -0.2) is 4.68 Å². The van der Waals surface area contributed by atoms with E-state index in [2.05, 4.69) is 21.0 Å². The quantitative estimate of drug-likeness (QED) is 0.798. The van der Waals surface area contributed by atoms with Crippen molar-refractivity contribution in [2.24, 2.45) is 7.05 Å². The number of halogens is 1. The van der Waals surface area contributed by atoms with Gasteiger partial charge in [0.15, 0.2) is 0 Å². The minimum atomic E-state index is -0.0855. The van der Waals surface area contributed by atoms with E-state index in [1.165, 1.54) is 0 Å². The van der Waals surface area contributed by atoms with Crippen molar-refractivity contribution in [3.8, 4) is 5.88 Å². The van der Waals surface area contributed by atoms with Gasteiger partial charge in [-0.05, 0) is 15.9 Å². The molecule has 0 atom stereocenters. The van der Waals surface area contributed by atoms with Gasteiger partial charge in [-0.1, -0.05) is 0 Å². The monoisotopic (exact) mass is 220 g/mol. The third-order valence-corrected chi connectivity index (χ3v) is 2.15. The van der Waals surface area contributed by atoms with Gasteiger partial charge in [-0.3, -0.25) is 0 Å². The topological polar surface area (TPSA) is 47.3 Å². The predicted molar refractivity (Wildman–Crippen MR) is 43.4 cm³/mol. The second-order valence-electron chi connectivity index (χ2n) is 2.05. The summed E-state index contributed by atoms with van der Waals surface area (Å²) in [5.74, 6) is 0.619. The fourth-order valence-electron chi connectivity index (χ4n) is 0.859. The lowest BCUT2D eigenvalue weighted by molar-refractivity contribution is 0.275. The molecule has 0 radical (unpaired) electrons. The van der Waals surface area contributed by atoms with E-state index in [4.69, 9.17) is 9.84 Å². The Kier molecular flexibility index (Phi) is 2.51. The largest absolute Gasteiger partial charge is 0.480 e. The molecule has 1 aromatic heterocycles. The molecule has 0 aliphatic carbocycles. The standard InChI is InChI=1S/C6H9BrN2O2/c1-9-6(11-2)5(7)4(3-10)8-9/h10H,3H2,1-2H3. The van der Waals surface area contributed by atoms with E-state index < -0.39 is 0 Å². The number of aliphatic hydroxyl groups excluding tert-OH is 1. The molecule has 1 heterocycles. The van der Waals surface area contributed by atoms with E-state index in [0.717, 1.165) is 0 Å². The highest BCUT2D eigenvalue weighted by Crippen LogP contribution is 2.27. The Labute approximate surface area is 72.9 Å². The highest BCUT2D eigenvalue weighted by atomic mass is 79.9. The number of rotatable bonds is 2. The molecule has 0 fully saturated rings. The van der Waals surface area contributed by atoms with Crippen LogP contribution in [0.1, 0.15) is 5.69 Å². The lowest BCUT2D eigenvalue weighted by Gasteiger charge is -1.97. The van der Waals surface area contributed by atoms with Crippen LogP contribution in [0.25, 0.3) is 0 Å². The van der Waals surface area contributed by atoms with Crippen molar-refractivity contribution in [1.29, 1.82) is 0 Å². The van der Waals surface area contributed by atoms with Crippen LogP contribution in [0.3, 0.4) is 0 Å². The van der Waals surface area contributed by atoms with Crippen molar-refractivity contribution in [3.63, 3.8) is 0 Å². The normalized spacial score (nSPS) is 10.2. The van der Waals surface area contributed by atoms with E-state index >= 15 is 0 Å². The van der Waals surface area contributed by atoms with Crippen LogP contribution >= 0.6 is 15.9 Å². The van der Waals surface area contributed by atoms with Crippen LogP contribution < -0.4 is 4.74 Å². The highest BCUT2D eigenvalue weighted by molar-refractivity contribution is 9.10. The first-order valence-electron chi connectivity index (χ1n) is 3.07. The van der Waals surface area contributed by atoms with Crippen LogP contribution in [0.2, 0.25) is 0 Å². The summed E-state index contributed by atoms with van der Waals surface area (Å²) in [5, 5.41) is 12.8. The molecule has 0 bridgehead atoms. The van der Waals surface area contributed by atoms with Crippen molar-refractivity contribution in [1.82, 2.24) is 9.78 Å². The molecule has 5 heteroatoms. The molecule has 1 aromatic rings. The SMILES string of the molecule is COc1c(Br)c(CO)nn1C. The van der Waals surface area contributed by atoms with Crippen molar-refractivity contribution < 1.29 is 9.84 Å². The molecule has 4 nitrogen and oxygen atoms in total. The van der Waals surface area contributed by atoms with Gasteiger partial charge >= 0.3 is 0 Å². The highest BCUT2D eigenvalue weighted by Gasteiger charge is 2.12. The summed E-state index contributed by atoms with van der Waals surface area (Å²) < 4.78 is 7.28. The minimum absolute atomic E-state index is 0.0855. The van der Waals surface area contributed by atoms with Crippen LogP contribution in [0.5, 0.6) is 5.88 Å². The summed E-state index contributed by atoms with van der Waals surface area (Å²) in [7, 11) is 3.31. The summed E-state index contributed by atoms with van der Waals surface area (Å²) >= 11 is 3.25. The second kappa shape index (κ2) is 3.23. The maximum absolute atomic E-state index is 8.79. The molecule has 1 rings (SSSR count). The Hall–Kier alpha value is -0.550. The molecule has 0 aromatic carbocycles. The summed E-state index contributed by atoms with van der Waals surface area (Å²) in [4.78, 5) is 0. The number of ether oxygens (including phenoxy) is 1. The number of hydrogen-bond acceptors (Lipinski definition) is 3. The Morgan fingerprint density at radius 2 is 2.36 bits per heavy atom. The van der Waals surface area contributed by atoms with Crippen LogP contribution in [-0.2, 0) is 13.7 Å². The maximum Gasteiger partial charge on any atom is 0.226 e. The number of aryl methyl sites for hydroxylation is 1. The van der Waals surface area contributed by atoms with E-state index in [1.807, 2.05) is 0 Å². The molecule has 0 amide bonds. The fraction of sp³-hybridized carbons (Fsp3) is 0.500. The number of hydrogen-bond donors (Lipinski definition) is 1. The van der Waals surface area contributed by atoms with E-state index in [9.17, 15) is 0 Å². The molecule has 0 aliphatic rings. The van der Waals surface area contributed by atoms with Gasteiger partial charge in [-0.2, -0.15) is 5.10 Å². The van der Waals surface area contributed by atoms with Crippen LogP contribution in [0.15, 0.2) is 4.47 Å². The molecule has 0 aliphatic heterocycles. The minimum Gasteiger partial charge on any atom is -0.480 e. The lowest BCUT2D eigenvalue weighted by atomic mass is 10.5. The summed E-state index contributed by atoms with van der Waals surface area (Å²) in [6, 6.07) is 0. The lowest BCUT2D eigenvalue weighted by Crippen LogP contribution is -1.95. The van der Waals surface area contributed by atoms with Gasteiger partial charge in [-0.15, -0.1) is 0 Å². The summed E-state index contributed by atoms with van der Waals surface area (Å²) in [6.07, 6.45) is 0. The number of methoxy groups -OCH3 is 1. The van der Waals surface area contributed by atoms with Gasteiger partial charge in [0.2, 0.25) is 5.88 Å². The van der Waals surface area contributed by atoms with Crippen molar-refractivity contribution in [2.75, 3.05) is 7.11 Å². The second-order valence-corrected chi connectivity index (χ2v) is 2.84. The average molecular weight is 221 g/mol. The smallest absolute Gasteiger partial charge is 0.226 e. The zero-order valence-corrected chi connectivity index (χ0v) is 7.92. The van der Waals surface area contributed by atoms with Gasteiger partial charge in [0.1, 0.15) is 10.2 Å². The van der Waals surface area contributed by atoms with Gasteiger partial charge < -0.3 is 9.84 Å². The van der Waals surface area contributed by atoms with Gasteiger partial charge in [0, 0.05) is 7.05 Å². The van der Waals surface area contributed by atoms with E-state index in [1.54, 1.807) is 18.8 Å². The Balaban J connectivity index is 3.14. The van der Waals surface area contributed by atoms with Gasteiger partial charge in [0.25, 0.3) is 0 Å². The zero-order chi connectivity index (χ0) is 8.43. The van der Waals surface area contributed by atoms with Crippen molar-refractivity contribution in [2.45, 2.75) is 6.61 Å². The maximum atomic E-state index is 8.79. The number of nitrogens with zero attached hydrogens (tertiary/aromatic N) is 2. The molecule has 0 unspecified atom stereocenters. The Bertz CT molecular complexity index is 259. The van der Waals surface area contributed by atoms with Gasteiger partial charge in [0.05, 0.1) is 13.7 Å². The number of aliphatic hydroxyl groups is 1. The Morgan fingerprint density at radius 3 is 2.64 bits per heavy atom. The number of aromatic nitrogens is 2. The first kappa shape index (κ1) is 8.55. The van der Waals surface area contributed by atoms with Crippen molar-refractivity contribution in [3.05, 3.63) is 10.2 Å². The molecule has 11 heavy (non-hydrogen) atoms. The molecule has 0 saturated heterocycles. The van der Waals surface area contributed by atoms with Crippen LogP contribution in [0.4, 0.5) is 0 Å². The van der Waals surface area contributed by atoms with Crippen molar-refractivity contribution >= 4 is 15.9 Å². The van der Waals surface area contributed by atoms with Crippen LogP contribution in [0, 0.1) is 0 Å². The molecular formula is C6H9BrN2O2. The molecule has 62 valence electrons. The zero-order valence-electron chi connectivity index (χ0n) is 6.33. The third-order valence-electron chi connectivity index (χ3n) is 1.35. The Morgan fingerprint density at radius 1 is 1.73 bits per heavy atom. The molecule has 0 spiro atoms. The summed E-state index contributed by atoms with van der Waals surface area (Å²) in [5.41, 5.74) is 0.587. The van der Waals surface area contributed by atoms with Crippen LogP contribution in [-0.4, -0.2) is 22.0 Å². The fourth-order valence-corrected chi connectivity index (χ4v) is 1.48. The van der Waals surface area contributed by atoms with E-state index in [0.29, 0.717) is 16.0 Å². The summed E-state index contributed by atoms with van der Waals surface area (Å²) in [6.45, 7) is -0.0855.